The van der Waals surface area contributed by atoms with Crippen LogP contribution in [0.3, 0.4) is 0 Å². The van der Waals surface area contributed by atoms with Crippen LogP contribution in [0.15, 0.2) is 5.16 Å². The van der Waals surface area contributed by atoms with E-state index in [0.29, 0.717) is 17.6 Å². The molecule has 0 aromatic rings. The second-order valence-corrected chi connectivity index (χ2v) is 4.78. The molecule has 0 radical (unpaired) electrons. The molecule has 2 atom stereocenters. The van der Waals surface area contributed by atoms with Crippen molar-refractivity contribution in [1.29, 1.82) is 0 Å². The predicted octanol–water partition coefficient (Wildman–Crippen LogP) is 1.12. The monoisotopic (exact) mass is 175 g/mol. The van der Waals surface area contributed by atoms with E-state index in [1.165, 1.54) is 0 Å². The first-order valence-electron chi connectivity index (χ1n) is 3.70. The Morgan fingerprint density at radius 3 is 2.82 bits per heavy atom. The molecule has 0 saturated carbocycles. The lowest BCUT2D eigenvalue weighted by Gasteiger charge is -2.21. The summed E-state index contributed by atoms with van der Waals surface area (Å²) >= 11 is 0. The van der Waals surface area contributed by atoms with E-state index in [0.717, 1.165) is 0 Å². The Labute approximate surface area is 69.3 Å². The van der Waals surface area contributed by atoms with Crippen LogP contribution in [0.4, 0.5) is 0 Å². The summed E-state index contributed by atoms with van der Waals surface area (Å²) in [5.74, 6) is 0.390. The zero-order chi connectivity index (χ0) is 8.43. The van der Waals surface area contributed by atoms with Gasteiger partial charge in [-0.05, 0) is 12.8 Å². The topological polar surface area (TPSA) is 38.7 Å². The van der Waals surface area contributed by atoms with Gasteiger partial charge in [0, 0.05) is 0 Å². The third-order valence-electron chi connectivity index (χ3n) is 1.74. The fourth-order valence-corrected chi connectivity index (χ4v) is 2.20. The van der Waals surface area contributed by atoms with Crippen LogP contribution in [0.25, 0.3) is 0 Å². The zero-order valence-corrected chi connectivity index (χ0v) is 7.85. The third-order valence-corrected chi connectivity index (χ3v) is 3.63. The van der Waals surface area contributed by atoms with Gasteiger partial charge in [0.2, 0.25) is 0 Å². The molecule has 0 amide bonds. The minimum atomic E-state index is -0.928. The standard InChI is InChI=1S/C7H13NO2S/c1-5(2)7-4-10-8-6(3)11(7)9/h5,7H,4H2,1-3H3. The molecule has 3 nitrogen and oxygen atoms in total. The molecular formula is C7H13NO2S. The number of hydrogen-bond acceptors (Lipinski definition) is 3. The number of hydrogen-bond donors (Lipinski definition) is 0. The van der Waals surface area contributed by atoms with Crippen LogP contribution in [-0.4, -0.2) is 21.1 Å². The van der Waals surface area contributed by atoms with Crippen molar-refractivity contribution in [1.82, 2.24) is 0 Å². The van der Waals surface area contributed by atoms with Gasteiger partial charge in [-0.1, -0.05) is 19.0 Å². The SMILES string of the molecule is CC1=NOCC(C(C)C)S1=O. The summed E-state index contributed by atoms with van der Waals surface area (Å²) < 4.78 is 11.5. The molecule has 1 heterocycles. The van der Waals surface area contributed by atoms with E-state index in [1.54, 1.807) is 6.92 Å². The molecule has 0 N–H and O–H groups in total. The van der Waals surface area contributed by atoms with Crippen LogP contribution < -0.4 is 0 Å². The van der Waals surface area contributed by atoms with E-state index >= 15 is 0 Å². The fraction of sp³-hybridized carbons (Fsp3) is 0.857. The lowest BCUT2D eigenvalue weighted by atomic mass is 10.1. The molecule has 2 unspecified atom stereocenters. The molecule has 0 saturated heterocycles. The number of oxime groups is 1. The molecule has 1 aliphatic heterocycles. The van der Waals surface area contributed by atoms with Gasteiger partial charge < -0.3 is 4.84 Å². The Morgan fingerprint density at radius 1 is 1.73 bits per heavy atom. The molecule has 0 spiro atoms. The van der Waals surface area contributed by atoms with Crippen molar-refractivity contribution in [2.45, 2.75) is 26.0 Å². The zero-order valence-electron chi connectivity index (χ0n) is 7.03. The highest BCUT2D eigenvalue weighted by atomic mass is 32.2. The highest BCUT2D eigenvalue weighted by Gasteiger charge is 2.26. The average Bonchev–Trinajstić information content (AvgIpc) is 1.94. The number of rotatable bonds is 1. The third kappa shape index (κ3) is 1.80. The maximum Gasteiger partial charge on any atom is 0.141 e. The summed E-state index contributed by atoms with van der Waals surface area (Å²) in [7, 11) is -0.928. The van der Waals surface area contributed by atoms with Crippen molar-refractivity contribution in [2.75, 3.05) is 6.61 Å². The Kier molecular flexibility index (Phi) is 2.65. The van der Waals surface area contributed by atoms with Gasteiger partial charge in [0.25, 0.3) is 0 Å². The Hall–Kier alpha value is -0.380. The molecule has 0 bridgehead atoms. The van der Waals surface area contributed by atoms with Crippen LogP contribution in [0.2, 0.25) is 0 Å². The minimum absolute atomic E-state index is 0.118. The second kappa shape index (κ2) is 3.34. The quantitative estimate of drug-likeness (QED) is 0.599. The maximum absolute atomic E-state index is 11.5. The van der Waals surface area contributed by atoms with Crippen molar-refractivity contribution in [3.05, 3.63) is 0 Å². The van der Waals surface area contributed by atoms with Crippen LogP contribution >= 0.6 is 0 Å². The molecule has 0 aromatic carbocycles. The molecular weight excluding hydrogens is 162 g/mol. The van der Waals surface area contributed by atoms with Gasteiger partial charge in [-0.15, -0.1) is 0 Å². The fourth-order valence-electron chi connectivity index (χ4n) is 0.959. The van der Waals surface area contributed by atoms with Gasteiger partial charge in [-0.2, -0.15) is 0 Å². The molecule has 4 heteroatoms. The Morgan fingerprint density at radius 2 is 2.36 bits per heavy atom. The van der Waals surface area contributed by atoms with Crippen molar-refractivity contribution >= 4 is 15.8 Å². The number of nitrogens with zero attached hydrogens (tertiary/aromatic N) is 1. The largest absolute Gasteiger partial charge is 0.394 e. The molecule has 11 heavy (non-hydrogen) atoms. The lowest BCUT2D eigenvalue weighted by Crippen LogP contribution is -2.33. The van der Waals surface area contributed by atoms with Crippen molar-refractivity contribution in [3.63, 3.8) is 0 Å². The van der Waals surface area contributed by atoms with Crippen LogP contribution in [0.5, 0.6) is 0 Å². The summed E-state index contributed by atoms with van der Waals surface area (Å²) in [5.41, 5.74) is 0. The molecule has 64 valence electrons. The van der Waals surface area contributed by atoms with Crippen molar-refractivity contribution < 1.29 is 9.05 Å². The van der Waals surface area contributed by atoms with Gasteiger partial charge in [0.05, 0.1) is 16.0 Å². The van der Waals surface area contributed by atoms with Gasteiger partial charge in [0.1, 0.15) is 11.7 Å². The van der Waals surface area contributed by atoms with Crippen molar-refractivity contribution in [2.24, 2.45) is 11.1 Å². The van der Waals surface area contributed by atoms with Crippen LogP contribution in [0.1, 0.15) is 20.8 Å². The normalized spacial score (nSPS) is 31.5. The Bertz CT molecular complexity index is 201. The average molecular weight is 175 g/mol. The summed E-state index contributed by atoms with van der Waals surface area (Å²) in [4.78, 5) is 4.92. The first-order chi connectivity index (χ1) is 5.13. The summed E-state index contributed by atoms with van der Waals surface area (Å²) in [5, 5.41) is 4.38. The molecule has 1 aliphatic rings. The van der Waals surface area contributed by atoms with E-state index in [1.807, 2.05) is 13.8 Å². The minimum Gasteiger partial charge on any atom is -0.394 e. The first kappa shape index (κ1) is 8.71. The van der Waals surface area contributed by atoms with E-state index in [-0.39, 0.29) is 5.25 Å². The summed E-state index contributed by atoms with van der Waals surface area (Å²) in [6.07, 6.45) is 0. The molecule has 1 rings (SSSR count). The van der Waals surface area contributed by atoms with Gasteiger partial charge >= 0.3 is 0 Å². The molecule has 0 fully saturated rings. The Balaban J connectivity index is 2.73. The van der Waals surface area contributed by atoms with Crippen molar-refractivity contribution in [3.8, 4) is 0 Å². The van der Waals surface area contributed by atoms with E-state index in [9.17, 15) is 4.21 Å². The van der Waals surface area contributed by atoms with Gasteiger partial charge in [-0.25, -0.2) is 0 Å². The molecule has 0 aromatic heterocycles. The summed E-state index contributed by atoms with van der Waals surface area (Å²) in [6, 6.07) is 0. The van der Waals surface area contributed by atoms with E-state index < -0.39 is 10.8 Å². The first-order valence-corrected chi connectivity index (χ1v) is 4.91. The highest BCUT2D eigenvalue weighted by molar-refractivity contribution is 8.01. The highest BCUT2D eigenvalue weighted by Crippen LogP contribution is 2.15. The van der Waals surface area contributed by atoms with Crippen LogP contribution in [-0.2, 0) is 15.6 Å². The van der Waals surface area contributed by atoms with E-state index in [2.05, 4.69) is 5.16 Å². The smallest absolute Gasteiger partial charge is 0.141 e. The lowest BCUT2D eigenvalue weighted by molar-refractivity contribution is 0.133. The van der Waals surface area contributed by atoms with Gasteiger partial charge in [0.15, 0.2) is 0 Å². The molecule has 0 aliphatic carbocycles. The van der Waals surface area contributed by atoms with E-state index in [4.69, 9.17) is 4.84 Å². The van der Waals surface area contributed by atoms with Crippen LogP contribution in [0, 0.1) is 5.92 Å². The maximum atomic E-state index is 11.5. The second-order valence-electron chi connectivity index (χ2n) is 2.99. The summed E-state index contributed by atoms with van der Waals surface area (Å²) in [6.45, 7) is 6.32. The predicted molar refractivity (Wildman–Crippen MR) is 45.8 cm³/mol. The van der Waals surface area contributed by atoms with Gasteiger partial charge in [-0.3, -0.25) is 4.21 Å².